The monoisotopic (exact) mass is 493 g/mol. The van der Waals surface area contributed by atoms with Gasteiger partial charge in [0.1, 0.15) is 12.3 Å². The third-order valence-corrected chi connectivity index (χ3v) is 5.22. The third kappa shape index (κ3) is 7.99. The standard InChI is InChI=1S/C19H23ClF3N5O3S/c1-3-27(16-12-28(25-17(16)20)14-5-4-7-24-11-14)18(29)15(26-31-9-8-30-2)13-32-10-6-19(21,22)23/h4-5,7,11-12H,3,6,8-10,13H2,1-2H3/b26-15-. The van der Waals surface area contributed by atoms with Crippen LogP contribution in [0.1, 0.15) is 13.3 Å². The number of aromatic nitrogens is 3. The van der Waals surface area contributed by atoms with Crippen LogP contribution in [-0.4, -0.2) is 70.9 Å². The van der Waals surface area contributed by atoms with Crippen molar-refractivity contribution in [2.75, 3.05) is 43.3 Å². The first-order valence-corrected chi connectivity index (χ1v) is 11.1. The van der Waals surface area contributed by atoms with Gasteiger partial charge >= 0.3 is 6.18 Å². The fraction of sp³-hybridized carbons (Fsp3) is 0.474. The number of hydrogen-bond donors (Lipinski definition) is 0. The second-order valence-corrected chi connectivity index (χ2v) is 7.76. The molecule has 176 valence electrons. The predicted octanol–water partition coefficient (Wildman–Crippen LogP) is 3.98. The SMILES string of the molecule is CCN(C(=O)/C(CSCCC(F)(F)F)=N\OCCOC)c1cn(-c2cccnc2)nc1Cl. The van der Waals surface area contributed by atoms with Gasteiger partial charge in [0.15, 0.2) is 10.9 Å². The minimum Gasteiger partial charge on any atom is -0.393 e. The van der Waals surface area contributed by atoms with Crippen molar-refractivity contribution in [3.05, 3.63) is 35.9 Å². The first-order valence-electron chi connectivity index (χ1n) is 9.56. The fourth-order valence-corrected chi connectivity index (χ4v) is 3.58. The third-order valence-electron chi connectivity index (χ3n) is 3.98. The minimum absolute atomic E-state index is 0.0414. The number of ether oxygens (including phenoxy) is 1. The highest BCUT2D eigenvalue weighted by Gasteiger charge is 2.28. The van der Waals surface area contributed by atoms with E-state index in [1.54, 1.807) is 37.6 Å². The molecule has 0 aromatic carbocycles. The largest absolute Gasteiger partial charge is 0.393 e. The van der Waals surface area contributed by atoms with Gasteiger partial charge in [-0.05, 0) is 19.1 Å². The highest BCUT2D eigenvalue weighted by molar-refractivity contribution is 8.00. The number of amides is 1. The Bertz CT molecular complexity index is 896. The Labute approximate surface area is 192 Å². The lowest BCUT2D eigenvalue weighted by Crippen LogP contribution is -2.38. The average molecular weight is 494 g/mol. The van der Waals surface area contributed by atoms with Crippen molar-refractivity contribution in [1.29, 1.82) is 0 Å². The molecule has 13 heteroatoms. The second kappa shape index (κ2) is 12.7. The van der Waals surface area contributed by atoms with Gasteiger partial charge in [-0.25, -0.2) is 4.68 Å². The second-order valence-electron chi connectivity index (χ2n) is 6.29. The van der Waals surface area contributed by atoms with Gasteiger partial charge in [-0.15, -0.1) is 0 Å². The molecule has 0 radical (unpaired) electrons. The normalized spacial score (nSPS) is 12.1. The molecule has 1 amide bonds. The van der Waals surface area contributed by atoms with E-state index in [1.165, 1.54) is 16.7 Å². The summed E-state index contributed by atoms with van der Waals surface area (Å²) in [5.41, 5.74) is 0.928. The number of anilines is 1. The van der Waals surface area contributed by atoms with Crippen LogP contribution in [0.2, 0.25) is 5.15 Å². The van der Waals surface area contributed by atoms with Crippen molar-refractivity contribution in [3.63, 3.8) is 0 Å². The number of rotatable bonds is 12. The smallest absolute Gasteiger partial charge is 0.389 e. The molecular weight excluding hydrogens is 471 g/mol. The predicted molar refractivity (Wildman–Crippen MR) is 118 cm³/mol. The molecule has 32 heavy (non-hydrogen) atoms. The summed E-state index contributed by atoms with van der Waals surface area (Å²) in [6.07, 6.45) is -0.474. The van der Waals surface area contributed by atoms with Gasteiger partial charge < -0.3 is 14.5 Å². The number of nitrogens with zero attached hydrogens (tertiary/aromatic N) is 5. The molecule has 0 bridgehead atoms. The molecule has 0 N–H and O–H groups in total. The van der Waals surface area contributed by atoms with E-state index in [0.29, 0.717) is 11.4 Å². The Morgan fingerprint density at radius 2 is 2.16 bits per heavy atom. The molecule has 2 heterocycles. The Hall–Kier alpha value is -2.31. The van der Waals surface area contributed by atoms with E-state index in [9.17, 15) is 18.0 Å². The van der Waals surface area contributed by atoms with E-state index in [2.05, 4.69) is 15.2 Å². The molecule has 0 aliphatic rings. The van der Waals surface area contributed by atoms with Crippen LogP contribution in [0.3, 0.4) is 0 Å². The van der Waals surface area contributed by atoms with Gasteiger partial charge in [-0.3, -0.25) is 9.78 Å². The molecular formula is C19H23ClF3N5O3S. The van der Waals surface area contributed by atoms with Gasteiger partial charge in [0, 0.05) is 31.4 Å². The number of oxime groups is 1. The molecule has 0 saturated heterocycles. The van der Waals surface area contributed by atoms with Crippen molar-refractivity contribution in [3.8, 4) is 5.69 Å². The van der Waals surface area contributed by atoms with E-state index >= 15 is 0 Å². The molecule has 2 aromatic heterocycles. The van der Waals surface area contributed by atoms with Crippen LogP contribution >= 0.6 is 23.4 Å². The maximum absolute atomic E-state index is 13.2. The van der Waals surface area contributed by atoms with Crippen LogP contribution in [0.25, 0.3) is 5.69 Å². The Morgan fingerprint density at radius 1 is 1.38 bits per heavy atom. The quantitative estimate of drug-likeness (QED) is 0.253. The summed E-state index contributed by atoms with van der Waals surface area (Å²) < 4.78 is 43.6. The van der Waals surface area contributed by atoms with Crippen molar-refractivity contribution >= 4 is 40.7 Å². The van der Waals surface area contributed by atoms with E-state index in [4.69, 9.17) is 21.2 Å². The molecule has 0 aliphatic heterocycles. The molecule has 2 rings (SSSR count). The number of carbonyl (C=O) groups excluding carboxylic acids is 1. The van der Waals surface area contributed by atoms with Gasteiger partial charge in [-0.2, -0.15) is 30.0 Å². The average Bonchev–Trinajstić information content (AvgIpc) is 3.14. The molecule has 0 saturated carbocycles. The molecule has 8 nitrogen and oxygen atoms in total. The van der Waals surface area contributed by atoms with Crippen LogP contribution in [0.15, 0.2) is 35.9 Å². The Kier molecular flexibility index (Phi) is 10.3. The van der Waals surface area contributed by atoms with Crippen LogP contribution in [0, 0.1) is 0 Å². The van der Waals surface area contributed by atoms with Crippen molar-refractivity contribution in [1.82, 2.24) is 14.8 Å². The minimum atomic E-state index is -4.27. The summed E-state index contributed by atoms with van der Waals surface area (Å²) in [4.78, 5) is 23.6. The van der Waals surface area contributed by atoms with Crippen molar-refractivity contribution in [2.24, 2.45) is 5.16 Å². The van der Waals surface area contributed by atoms with Gasteiger partial charge in [-0.1, -0.05) is 16.8 Å². The maximum atomic E-state index is 13.2. The van der Waals surface area contributed by atoms with Crippen LogP contribution < -0.4 is 4.90 Å². The van der Waals surface area contributed by atoms with Crippen molar-refractivity contribution < 1.29 is 27.5 Å². The van der Waals surface area contributed by atoms with E-state index < -0.39 is 18.5 Å². The first kappa shape index (κ1) is 25.9. The number of thioether (sulfide) groups is 1. The molecule has 2 aromatic rings. The number of hydrogen-bond acceptors (Lipinski definition) is 7. The summed E-state index contributed by atoms with van der Waals surface area (Å²) in [5.74, 6) is -0.816. The molecule has 0 spiro atoms. The fourth-order valence-electron chi connectivity index (χ4n) is 2.45. The molecule has 0 unspecified atom stereocenters. The van der Waals surface area contributed by atoms with Crippen LogP contribution in [0.5, 0.6) is 0 Å². The number of alkyl halides is 3. The summed E-state index contributed by atoms with van der Waals surface area (Å²) >= 11 is 7.21. The maximum Gasteiger partial charge on any atom is 0.389 e. The van der Waals surface area contributed by atoms with Crippen molar-refractivity contribution in [2.45, 2.75) is 19.5 Å². The molecule has 0 fully saturated rings. The zero-order valence-corrected chi connectivity index (χ0v) is 19.1. The Balaban J connectivity index is 2.20. The van der Waals surface area contributed by atoms with Gasteiger partial charge in [0.05, 0.1) is 31.1 Å². The highest BCUT2D eigenvalue weighted by atomic mass is 35.5. The summed E-state index contributed by atoms with van der Waals surface area (Å²) in [6.45, 7) is 2.29. The number of methoxy groups -OCH3 is 1. The van der Waals surface area contributed by atoms with Gasteiger partial charge in [0.25, 0.3) is 5.91 Å². The molecule has 0 aliphatic carbocycles. The lowest BCUT2D eigenvalue weighted by Gasteiger charge is -2.20. The Morgan fingerprint density at radius 3 is 2.78 bits per heavy atom. The summed E-state index contributed by atoms with van der Waals surface area (Å²) in [6, 6.07) is 3.50. The van der Waals surface area contributed by atoms with Crippen LogP contribution in [0.4, 0.5) is 18.9 Å². The highest BCUT2D eigenvalue weighted by Crippen LogP contribution is 2.27. The lowest BCUT2D eigenvalue weighted by atomic mass is 10.3. The molecule has 0 atom stereocenters. The first-order chi connectivity index (χ1) is 15.3. The van der Waals surface area contributed by atoms with Gasteiger partial charge in [0.2, 0.25) is 0 Å². The topological polar surface area (TPSA) is 81.8 Å². The lowest BCUT2D eigenvalue weighted by molar-refractivity contribution is -0.129. The zero-order chi connectivity index (χ0) is 23.6. The number of halogens is 4. The zero-order valence-electron chi connectivity index (χ0n) is 17.5. The number of pyridine rings is 1. The summed E-state index contributed by atoms with van der Waals surface area (Å²) in [7, 11) is 1.48. The van der Waals surface area contributed by atoms with Crippen LogP contribution in [-0.2, 0) is 14.4 Å². The van der Waals surface area contributed by atoms with E-state index in [-0.39, 0.29) is 42.1 Å². The van der Waals surface area contributed by atoms with E-state index in [0.717, 1.165) is 11.8 Å². The van der Waals surface area contributed by atoms with E-state index in [1.807, 2.05) is 0 Å². The summed E-state index contributed by atoms with van der Waals surface area (Å²) in [5, 5.41) is 8.14. The number of carbonyl (C=O) groups is 1.